The van der Waals surface area contributed by atoms with E-state index in [1.807, 2.05) is 13.8 Å². The van der Waals surface area contributed by atoms with Gasteiger partial charge in [0.15, 0.2) is 0 Å². The predicted molar refractivity (Wildman–Crippen MR) is 82.5 cm³/mol. The van der Waals surface area contributed by atoms with Gasteiger partial charge in [0.05, 0.1) is 5.60 Å². The normalized spacial score (nSPS) is 25.6. The van der Waals surface area contributed by atoms with Crippen LogP contribution < -0.4 is 5.32 Å². The van der Waals surface area contributed by atoms with Crippen molar-refractivity contribution in [1.29, 1.82) is 0 Å². The van der Waals surface area contributed by atoms with Gasteiger partial charge in [-0.25, -0.2) is 0 Å². The number of aliphatic hydroxyl groups is 1. The highest BCUT2D eigenvalue weighted by atomic mass is 16.3. The number of likely N-dealkylation sites (N-methyl/N-ethyl adjacent to an activating group) is 1. The first kappa shape index (κ1) is 16.9. The summed E-state index contributed by atoms with van der Waals surface area (Å²) in [6.07, 6.45) is 7.98. The fraction of sp³-hybridized carbons (Fsp3) is 1.00. The number of rotatable bonds is 7. The average molecular weight is 270 g/mol. The van der Waals surface area contributed by atoms with Crippen molar-refractivity contribution in [3.8, 4) is 0 Å². The van der Waals surface area contributed by atoms with Crippen molar-refractivity contribution in [2.24, 2.45) is 5.92 Å². The summed E-state index contributed by atoms with van der Waals surface area (Å²) in [5, 5.41) is 13.7. The molecule has 114 valence electrons. The zero-order valence-corrected chi connectivity index (χ0v) is 13.4. The second-order valence-corrected chi connectivity index (χ2v) is 6.97. The SMILES string of the molecule is CCCNC1CCCCCC1CN(C)CC(C)(C)O. The van der Waals surface area contributed by atoms with Gasteiger partial charge in [-0.3, -0.25) is 0 Å². The average Bonchev–Trinajstić information content (AvgIpc) is 2.49. The molecular formula is C16H34N2O. The smallest absolute Gasteiger partial charge is 0.0718 e. The molecule has 1 rings (SSSR count). The minimum absolute atomic E-state index is 0.591. The van der Waals surface area contributed by atoms with E-state index in [0.717, 1.165) is 25.6 Å². The van der Waals surface area contributed by atoms with Gasteiger partial charge in [0.2, 0.25) is 0 Å². The summed E-state index contributed by atoms with van der Waals surface area (Å²) in [7, 11) is 2.14. The molecule has 3 heteroatoms. The van der Waals surface area contributed by atoms with Gasteiger partial charge < -0.3 is 15.3 Å². The molecule has 0 bridgehead atoms. The molecular weight excluding hydrogens is 236 g/mol. The lowest BCUT2D eigenvalue weighted by molar-refractivity contribution is 0.0377. The monoisotopic (exact) mass is 270 g/mol. The molecule has 2 unspecified atom stereocenters. The number of nitrogens with zero attached hydrogens (tertiary/aromatic N) is 1. The van der Waals surface area contributed by atoms with Crippen LogP contribution in [0.2, 0.25) is 0 Å². The Morgan fingerprint density at radius 1 is 1.21 bits per heavy atom. The molecule has 0 aliphatic heterocycles. The van der Waals surface area contributed by atoms with Crippen LogP contribution >= 0.6 is 0 Å². The Morgan fingerprint density at radius 2 is 1.89 bits per heavy atom. The summed E-state index contributed by atoms with van der Waals surface area (Å²) in [6, 6.07) is 0.673. The van der Waals surface area contributed by atoms with E-state index in [9.17, 15) is 5.11 Å². The maximum Gasteiger partial charge on any atom is 0.0718 e. The van der Waals surface area contributed by atoms with Crippen LogP contribution in [0.3, 0.4) is 0 Å². The first-order chi connectivity index (χ1) is 8.92. The summed E-state index contributed by atoms with van der Waals surface area (Å²) < 4.78 is 0. The van der Waals surface area contributed by atoms with Gasteiger partial charge in [-0.05, 0) is 52.6 Å². The first-order valence-electron chi connectivity index (χ1n) is 8.06. The van der Waals surface area contributed by atoms with E-state index in [-0.39, 0.29) is 0 Å². The summed E-state index contributed by atoms with van der Waals surface area (Å²) in [5.74, 6) is 0.737. The Bertz CT molecular complexity index is 237. The molecule has 0 aromatic rings. The molecule has 0 saturated heterocycles. The van der Waals surface area contributed by atoms with Gasteiger partial charge in [0, 0.05) is 19.1 Å². The summed E-state index contributed by atoms with van der Waals surface area (Å²) in [5.41, 5.74) is -0.591. The van der Waals surface area contributed by atoms with E-state index in [2.05, 4.69) is 24.2 Å². The largest absolute Gasteiger partial charge is 0.389 e. The lowest BCUT2D eigenvalue weighted by Gasteiger charge is -2.32. The molecule has 0 amide bonds. The van der Waals surface area contributed by atoms with E-state index in [1.54, 1.807) is 0 Å². The van der Waals surface area contributed by atoms with Gasteiger partial charge in [-0.15, -0.1) is 0 Å². The topological polar surface area (TPSA) is 35.5 Å². The number of hydrogen-bond acceptors (Lipinski definition) is 3. The zero-order chi connectivity index (χ0) is 14.3. The molecule has 3 nitrogen and oxygen atoms in total. The zero-order valence-electron chi connectivity index (χ0n) is 13.4. The fourth-order valence-corrected chi connectivity index (χ4v) is 3.33. The van der Waals surface area contributed by atoms with Crippen molar-refractivity contribution in [3.05, 3.63) is 0 Å². The van der Waals surface area contributed by atoms with Crippen molar-refractivity contribution in [1.82, 2.24) is 10.2 Å². The lowest BCUT2D eigenvalue weighted by Crippen LogP contribution is -2.44. The van der Waals surface area contributed by atoms with Crippen LogP contribution in [0.15, 0.2) is 0 Å². The van der Waals surface area contributed by atoms with Gasteiger partial charge in [-0.1, -0.05) is 26.2 Å². The molecule has 1 aliphatic rings. The van der Waals surface area contributed by atoms with Crippen molar-refractivity contribution >= 4 is 0 Å². The van der Waals surface area contributed by atoms with Gasteiger partial charge in [0.25, 0.3) is 0 Å². The van der Waals surface area contributed by atoms with Gasteiger partial charge in [0.1, 0.15) is 0 Å². The van der Waals surface area contributed by atoms with Crippen LogP contribution in [0.5, 0.6) is 0 Å². The maximum absolute atomic E-state index is 9.92. The number of hydrogen-bond donors (Lipinski definition) is 2. The van der Waals surface area contributed by atoms with Crippen molar-refractivity contribution in [2.45, 2.75) is 70.9 Å². The van der Waals surface area contributed by atoms with E-state index < -0.39 is 5.60 Å². The van der Waals surface area contributed by atoms with Crippen molar-refractivity contribution in [2.75, 3.05) is 26.7 Å². The van der Waals surface area contributed by atoms with E-state index >= 15 is 0 Å². The third-order valence-electron chi connectivity index (χ3n) is 4.02. The molecule has 0 aromatic heterocycles. The standard InChI is InChI=1S/C16H34N2O/c1-5-11-17-15-10-8-6-7-9-14(15)12-18(4)13-16(2,3)19/h14-15,17,19H,5-13H2,1-4H3. The van der Waals surface area contributed by atoms with Crippen LogP contribution in [0.1, 0.15) is 59.3 Å². The summed E-state index contributed by atoms with van der Waals surface area (Å²) >= 11 is 0. The molecule has 0 radical (unpaired) electrons. The van der Waals surface area contributed by atoms with Crippen LogP contribution in [-0.4, -0.2) is 48.3 Å². The van der Waals surface area contributed by atoms with E-state index in [4.69, 9.17) is 0 Å². The molecule has 0 spiro atoms. The van der Waals surface area contributed by atoms with E-state index in [1.165, 1.54) is 38.5 Å². The minimum Gasteiger partial charge on any atom is -0.389 e. The molecule has 1 fully saturated rings. The lowest BCUT2D eigenvalue weighted by atomic mass is 9.93. The number of nitrogens with one attached hydrogen (secondary N) is 1. The molecule has 1 saturated carbocycles. The molecule has 19 heavy (non-hydrogen) atoms. The third kappa shape index (κ3) is 7.28. The Balaban J connectivity index is 2.49. The Kier molecular flexibility index (Phi) is 7.33. The highest BCUT2D eigenvalue weighted by Crippen LogP contribution is 2.24. The molecule has 1 aliphatic carbocycles. The van der Waals surface area contributed by atoms with Crippen LogP contribution in [0.4, 0.5) is 0 Å². The molecule has 2 N–H and O–H groups in total. The minimum atomic E-state index is -0.591. The van der Waals surface area contributed by atoms with Gasteiger partial charge in [-0.2, -0.15) is 0 Å². The van der Waals surface area contributed by atoms with Crippen LogP contribution in [0.25, 0.3) is 0 Å². The maximum atomic E-state index is 9.92. The van der Waals surface area contributed by atoms with Crippen molar-refractivity contribution in [3.63, 3.8) is 0 Å². The predicted octanol–water partition coefficient (Wildman–Crippen LogP) is 2.64. The molecule has 0 heterocycles. The Labute approximate surface area is 119 Å². The third-order valence-corrected chi connectivity index (χ3v) is 4.02. The second-order valence-electron chi connectivity index (χ2n) is 6.97. The molecule has 0 aromatic carbocycles. The van der Waals surface area contributed by atoms with E-state index in [0.29, 0.717) is 6.04 Å². The van der Waals surface area contributed by atoms with Crippen LogP contribution in [-0.2, 0) is 0 Å². The van der Waals surface area contributed by atoms with Gasteiger partial charge >= 0.3 is 0 Å². The molecule has 2 atom stereocenters. The Hall–Kier alpha value is -0.120. The summed E-state index contributed by atoms with van der Waals surface area (Å²) in [6.45, 7) is 9.01. The summed E-state index contributed by atoms with van der Waals surface area (Å²) in [4.78, 5) is 2.30. The van der Waals surface area contributed by atoms with Crippen molar-refractivity contribution < 1.29 is 5.11 Å². The first-order valence-corrected chi connectivity index (χ1v) is 8.06. The van der Waals surface area contributed by atoms with Crippen LogP contribution in [0, 0.1) is 5.92 Å². The second kappa shape index (κ2) is 8.23. The highest BCUT2D eigenvalue weighted by Gasteiger charge is 2.25. The fourth-order valence-electron chi connectivity index (χ4n) is 3.33. The highest BCUT2D eigenvalue weighted by molar-refractivity contribution is 4.82. The Morgan fingerprint density at radius 3 is 2.53 bits per heavy atom. The quantitative estimate of drug-likeness (QED) is 0.698.